The molecule has 3 nitrogen and oxygen atoms in total. The van der Waals surface area contributed by atoms with Gasteiger partial charge in [0.25, 0.3) is 0 Å². The molecule has 1 aliphatic carbocycles. The van der Waals surface area contributed by atoms with Crippen LogP contribution in [0.3, 0.4) is 0 Å². The number of hydrogen-bond donors (Lipinski definition) is 0. The molecule has 1 aromatic heterocycles. The minimum absolute atomic E-state index is 0.281. The molecule has 0 unspecified atom stereocenters. The fourth-order valence-corrected chi connectivity index (χ4v) is 9.11. The minimum Gasteiger partial charge on any atom is -0.459 e. The van der Waals surface area contributed by atoms with Crippen molar-refractivity contribution in [1.29, 1.82) is 0 Å². The molecular weight excluding hydrogens is 669 g/mol. The number of nitrogens with zero attached hydrogens (tertiary/aromatic N) is 2. The first-order chi connectivity index (χ1) is 27.0. The molecule has 2 heterocycles. The molecule has 11 rings (SSSR count). The summed E-state index contributed by atoms with van der Waals surface area (Å²) in [7, 11) is 0. The van der Waals surface area contributed by atoms with E-state index in [1.807, 2.05) is 0 Å². The van der Waals surface area contributed by atoms with Crippen molar-refractivity contribution in [2.24, 2.45) is 0 Å². The zero-order valence-corrected chi connectivity index (χ0v) is 30.8. The smallest absolute Gasteiger partial charge is 0.134 e. The van der Waals surface area contributed by atoms with Gasteiger partial charge in [0, 0.05) is 56.6 Å². The Bertz CT molecular complexity index is 2930. The zero-order valence-electron chi connectivity index (χ0n) is 30.8. The lowest BCUT2D eigenvalue weighted by molar-refractivity contribution is 0.465. The van der Waals surface area contributed by atoms with Gasteiger partial charge in [-0.1, -0.05) is 115 Å². The highest BCUT2D eigenvalue weighted by atomic mass is 16.3. The summed E-state index contributed by atoms with van der Waals surface area (Å²) in [4.78, 5) is 4.82. The minimum atomic E-state index is -0.281. The van der Waals surface area contributed by atoms with Crippen molar-refractivity contribution < 1.29 is 4.42 Å². The molecule has 0 spiro atoms. The summed E-state index contributed by atoms with van der Waals surface area (Å²) in [5, 5.41) is 3.61. The number of fused-ring (bicyclic) bond motifs is 8. The van der Waals surface area contributed by atoms with E-state index in [0.29, 0.717) is 0 Å². The van der Waals surface area contributed by atoms with E-state index in [2.05, 4.69) is 206 Å². The van der Waals surface area contributed by atoms with Crippen LogP contribution in [0, 0.1) is 0 Å². The third-order valence-corrected chi connectivity index (χ3v) is 11.8. The number of para-hydroxylation sites is 3. The maximum absolute atomic E-state index is 6.55. The average Bonchev–Trinajstić information content (AvgIpc) is 3.73. The van der Waals surface area contributed by atoms with Gasteiger partial charge in [0.15, 0.2) is 0 Å². The van der Waals surface area contributed by atoms with Crippen molar-refractivity contribution in [1.82, 2.24) is 0 Å². The first-order valence-corrected chi connectivity index (χ1v) is 19.1. The molecule has 2 aliphatic rings. The Kier molecular flexibility index (Phi) is 6.96. The van der Waals surface area contributed by atoms with Crippen LogP contribution in [0.4, 0.5) is 34.1 Å². The van der Waals surface area contributed by atoms with Crippen molar-refractivity contribution >= 4 is 55.9 Å². The van der Waals surface area contributed by atoms with Crippen LogP contribution in [-0.4, -0.2) is 0 Å². The van der Waals surface area contributed by atoms with Gasteiger partial charge in [0.1, 0.15) is 11.3 Å². The lowest BCUT2D eigenvalue weighted by atomic mass is 9.85. The van der Waals surface area contributed by atoms with Crippen LogP contribution >= 0.6 is 0 Å². The fourth-order valence-electron chi connectivity index (χ4n) is 9.11. The molecule has 55 heavy (non-hydrogen) atoms. The van der Waals surface area contributed by atoms with Crippen molar-refractivity contribution in [3.05, 3.63) is 204 Å². The summed E-state index contributed by atoms with van der Waals surface area (Å²) in [6.45, 7) is 4.58. The van der Waals surface area contributed by atoms with Crippen LogP contribution in [0.5, 0.6) is 0 Å². The molecule has 0 atom stereocenters. The molecular formula is C52H38N2O. The highest BCUT2D eigenvalue weighted by molar-refractivity contribution is 6.02. The third-order valence-electron chi connectivity index (χ3n) is 11.8. The van der Waals surface area contributed by atoms with E-state index in [-0.39, 0.29) is 5.41 Å². The van der Waals surface area contributed by atoms with Gasteiger partial charge in [-0.05, 0) is 119 Å². The van der Waals surface area contributed by atoms with E-state index < -0.39 is 0 Å². The highest BCUT2D eigenvalue weighted by Gasteiger charge is 2.41. The monoisotopic (exact) mass is 706 g/mol. The largest absolute Gasteiger partial charge is 0.459 e. The quantitative estimate of drug-likeness (QED) is 0.178. The first-order valence-electron chi connectivity index (χ1n) is 19.1. The second-order valence-corrected chi connectivity index (χ2v) is 15.4. The number of rotatable bonds is 5. The van der Waals surface area contributed by atoms with E-state index in [9.17, 15) is 0 Å². The van der Waals surface area contributed by atoms with Gasteiger partial charge < -0.3 is 14.2 Å². The molecule has 3 heteroatoms. The van der Waals surface area contributed by atoms with Crippen molar-refractivity contribution in [3.8, 4) is 22.3 Å². The Morgan fingerprint density at radius 2 is 1.24 bits per heavy atom. The summed E-state index contributed by atoms with van der Waals surface area (Å²) < 4.78 is 6.55. The molecule has 0 fully saturated rings. The van der Waals surface area contributed by atoms with Gasteiger partial charge in [-0.3, -0.25) is 0 Å². The molecule has 0 bridgehead atoms. The molecule has 1 aliphatic heterocycles. The van der Waals surface area contributed by atoms with Gasteiger partial charge in [-0.2, -0.15) is 0 Å². The Hall–Kier alpha value is -6.84. The Morgan fingerprint density at radius 1 is 0.545 bits per heavy atom. The van der Waals surface area contributed by atoms with Gasteiger partial charge in [-0.15, -0.1) is 0 Å². The zero-order chi connectivity index (χ0) is 36.7. The van der Waals surface area contributed by atoms with Crippen LogP contribution < -0.4 is 9.80 Å². The lowest BCUT2D eigenvalue weighted by Crippen LogP contribution is -2.18. The van der Waals surface area contributed by atoms with Gasteiger partial charge >= 0.3 is 0 Å². The SMILES string of the molecule is CC1(C)c2cc(N(c3ccc(-c4ccc5c(c4)Cc4ccccc4N5c4ccccc4)cc3)c3cccc4ccccc34)ccc2-c2c1oc1ccccc21. The highest BCUT2D eigenvalue weighted by Crippen LogP contribution is 2.54. The molecule has 0 N–H and O–H groups in total. The molecule has 0 saturated heterocycles. The molecule has 9 aromatic rings. The van der Waals surface area contributed by atoms with E-state index in [1.165, 1.54) is 72.2 Å². The van der Waals surface area contributed by atoms with Crippen molar-refractivity contribution in [3.63, 3.8) is 0 Å². The topological polar surface area (TPSA) is 19.6 Å². The number of hydrogen-bond acceptors (Lipinski definition) is 3. The van der Waals surface area contributed by atoms with Crippen LogP contribution in [0.25, 0.3) is 44.0 Å². The van der Waals surface area contributed by atoms with Gasteiger partial charge in [0.05, 0.1) is 5.69 Å². The van der Waals surface area contributed by atoms with E-state index in [0.717, 1.165) is 34.8 Å². The van der Waals surface area contributed by atoms with E-state index >= 15 is 0 Å². The predicted octanol–water partition coefficient (Wildman–Crippen LogP) is 14.4. The van der Waals surface area contributed by atoms with Gasteiger partial charge in [0.2, 0.25) is 0 Å². The van der Waals surface area contributed by atoms with Crippen LogP contribution in [0.2, 0.25) is 0 Å². The summed E-state index contributed by atoms with van der Waals surface area (Å²) in [5.74, 6) is 1.04. The Balaban J connectivity index is 1.01. The normalized spacial score (nSPS) is 13.7. The molecule has 0 radical (unpaired) electrons. The number of anilines is 6. The molecule has 0 amide bonds. The Morgan fingerprint density at radius 3 is 2.11 bits per heavy atom. The van der Waals surface area contributed by atoms with Crippen LogP contribution in [0.15, 0.2) is 186 Å². The summed E-state index contributed by atoms with van der Waals surface area (Å²) in [6, 6.07) is 66.2. The number of furan rings is 1. The number of benzene rings is 8. The maximum Gasteiger partial charge on any atom is 0.134 e. The molecule has 0 saturated carbocycles. The predicted molar refractivity (Wildman–Crippen MR) is 229 cm³/mol. The second kappa shape index (κ2) is 12.1. The standard InChI is InChI=1S/C52H38N2O/c1-52(2)45-33-41(28-29-43(45)50-44-19-9-11-22-49(44)55-51(50)52)53(48-21-12-15-35-13-6-8-18-42(35)48)40-26-23-34(24-27-40)36-25-30-47-38(31-36)32-37-14-7-10-20-46(37)54(47)39-16-4-3-5-17-39/h3-31,33H,32H2,1-2H3. The van der Waals surface area contributed by atoms with Crippen molar-refractivity contribution in [2.45, 2.75) is 25.7 Å². The third kappa shape index (κ3) is 4.90. The molecule has 8 aromatic carbocycles. The fraction of sp³-hybridized carbons (Fsp3) is 0.0769. The summed E-state index contributed by atoms with van der Waals surface area (Å²) in [6.07, 6.45) is 0.902. The first kappa shape index (κ1) is 31.7. The summed E-state index contributed by atoms with van der Waals surface area (Å²) in [5.41, 5.74) is 16.6. The van der Waals surface area contributed by atoms with Crippen LogP contribution in [-0.2, 0) is 11.8 Å². The van der Waals surface area contributed by atoms with E-state index in [1.54, 1.807) is 0 Å². The second-order valence-electron chi connectivity index (χ2n) is 15.4. The molecule has 262 valence electrons. The van der Waals surface area contributed by atoms with Gasteiger partial charge in [-0.25, -0.2) is 0 Å². The Labute approximate surface area is 321 Å². The lowest BCUT2D eigenvalue weighted by Gasteiger charge is -2.33. The average molecular weight is 707 g/mol. The van der Waals surface area contributed by atoms with Crippen molar-refractivity contribution in [2.75, 3.05) is 9.80 Å². The summed E-state index contributed by atoms with van der Waals surface area (Å²) >= 11 is 0. The van der Waals surface area contributed by atoms with Crippen LogP contribution in [0.1, 0.15) is 36.3 Å². The maximum atomic E-state index is 6.55. The van der Waals surface area contributed by atoms with E-state index in [4.69, 9.17) is 4.42 Å².